The number of fused-ring (bicyclic) bond motifs is 6. The molecule has 88 heavy (non-hydrogen) atoms. The number of primary sulfonamides is 1. The number of carbonyl (C=O) groups is 3. The molecule has 8 rings (SSSR count). The summed E-state index contributed by atoms with van der Waals surface area (Å²) in [6.45, 7) is 7.92. The Labute approximate surface area is 512 Å². The minimum Gasteiger partial charge on any atom is -0.356 e. The highest BCUT2D eigenvalue weighted by Crippen LogP contribution is 2.52. The number of hydrogen-bond acceptors (Lipinski definition) is 18. The molecule has 0 bridgehead atoms. The SMILES string of the molecule is CC1(C)C(/C=C/C(=C/C=C2/N(CCCS(=O)(=O)O)c3ccc4c(S(=O)(=O)O)cccc4c3C2(C)C)c2ccc(C(=O)NCCCCCC(=O)NCCC(=O)Nc3nnc(S(N)(=O)=O)s3)cn2)=[N+](CCCS(=O)(=O)O)c2ccc3c(S(=O)(=O)O)cccc3c21. The highest BCUT2D eigenvalue weighted by atomic mass is 32.3. The van der Waals surface area contributed by atoms with E-state index in [1.54, 1.807) is 72.8 Å². The number of sulfonamides is 1. The molecular weight excluding hydrogens is 1260 g/mol. The highest BCUT2D eigenvalue weighted by Gasteiger charge is 2.46. The number of allylic oxidation sites excluding steroid dienone is 6. The largest absolute Gasteiger partial charge is 0.356 e. The maximum absolute atomic E-state index is 13.5. The van der Waals surface area contributed by atoms with Crippen LogP contribution < -0.4 is 26.0 Å². The van der Waals surface area contributed by atoms with Crippen LogP contribution in [0.3, 0.4) is 0 Å². The van der Waals surface area contributed by atoms with E-state index in [1.165, 1.54) is 30.5 Å². The number of carbonyl (C=O) groups excluding carboxylic acids is 3. The van der Waals surface area contributed by atoms with Gasteiger partial charge in [0.05, 0.1) is 28.2 Å². The molecule has 3 amide bonds. The summed E-state index contributed by atoms with van der Waals surface area (Å²) in [6, 6.07) is 18.6. The van der Waals surface area contributed by atoms with Gasteiger partial charge < -0.3 is 20.9 Å². The van der Waals surface area contributed by atoms with Gasteiger partial charge in [-0.25, -0.2) is 13.6 Å². The molecule has 0 saturated carbocycles. The third-order valence-electron chi connectivity index (χ3n) is 14.9. The zero-order valence-corrected chi connectivity index (χ0v) is 52.8. The van der Waals surface area contributed by atoms with Gasteiger partial charge in [0.1, 0.15) is 16.3 Å². The van der Waals surface area contributed by atoms with Gasteiger partial charge >= 0.3 is 0 Å². The Hall–Kier alpha value is -7.24. The highest BCUT2D eigenvalue weighted by molar-refractivity contribution is 7.91. The van der Waals surface area contributed by atoms with E-state index >= 15 is 0 Å². The maximum atomic E-state index is 13.5. The number of rotatable bonds is 26. The van der Waals surface area contributed by atoms with E-state index in [2.05, 4.69) is 26.1 Å². The van der Waals surface area contributed by atoms with Gasteiger partial charge in [-0.15, -0.1) is 10.2 Å². The quantitative estimate of drug-likeness (QED) is 0.0100. The van der Waals surface area contributed by atoms with Gasteiger partial charge in [0.25, 0.3) is 56.4 Å². The average Bonchev–Trinajstić information content (AvgIpc) is 1.62. The second-order valence-corrected chi connectivity index (χ2v) is 30.5. The first-order valence-corrected chi connectivity index (χ1v) is 35.7. The Balaban J connectivity index is 1.09. The Morgan fingerprint density at radius 3 is 1.91 bits per heavy atom. The van der Waals surface area contributed by atoms with E-state index in [4.69, 9.17) is 10.1 Å². The number of nitrogens with two attached hydrogens (primary N) is 1. The Kier molecular flexibility index (Phi) is 19.8. The lowest BCUT2D eigenvalue weighted by Crippen LogP contribution is -2.28. The zero-order chi connectivity index (χ0) is 64.4. The van der Waals surface area contributed by atoms with Crippen LogP contribution in [0.2, 0.25) is 0 Å². The van der Waals surface area contributed by atoms with Crippen molar-refractivity contribution in [3.05, 3.63) is 131 Å². The van der Waals surface area contributed by atoms with E-state index in [-0.39, 0.29) is 89.0 Å². The standard InChI is InChI=1S/C56H63N9O17S6/c1-55(2)46(64(30-10-32-84(69,70)71)42-23-20-37-39(50(42)55)12-8-14-44(37)87(77,78)79)25-18-35(19-26-47-56(3,4)51-40-13-9-15-45(88(80,81)82)38(40)21-24-43(51)65(47)31-11-33-85(72,73)74)41-22-17-36(34-60-41)52(68)59-28-7-5-6-16-48(66)58-29-27-49(67)61-53-62-63-54(83-53)86(57,75)76/h8-9,12-15,17-26,34H,5-7,10-11,16,27-33H2,1-4H3,(H8-,57,58,59,61,62,66,67,68,69,70,71,72,73,74,75,76,77,78,79,80,81,82)/p+1. The molecule has 9 N–H and O–H groups in total. The summed E-state index contributed by atoms with van der Waals surface area (Å²) in [5, 5.41) is 21.3. The van der Waals surface area contributed by atoms with Crippen LogP contribution in [0.1, 0.15) is 99.8 Å². The summed E-state index contributed by atoms with van der Waals surface area (Å²) in [6.07, 6.45) is 9.91. The molecule has 0 fully saturated rings. The van der Waals surface area contributed by atoms with E-state index in [1.807, 2.05) is 37.2 Å². The molecule has 0 spiro atoms. The Morgan fingerprint density at radius 2 is 1.31 bits per heavy atom. The smallest absolute Gasteiger partial charge is 0.295 e. The van der Waals surface area contributed by atoms with Crippen LogP contribution in [-0.4, -0.2) is 141 Å². The fraction of sp³-hybridized carbons (Fsp3) is 0.339. The summed E-state index contributed by atoms with van der Waals surface area (Å²) in [7, 11) is -22.2. The normalized spacial score (nSPS) is 15.8. The summed E-state index contributed by atoms with van der Waals surface area (Å²) < 4.78 is 163. The van der Waals surface area contributed by atoms with Crippen molar-refractivity contribution in [2.75, 3.05) is 47.9 Å². The molecule has 470 valence electrons. The van der Waals surface area contributed by atoms with Crippen molar-refractivity contribution in [1.82, 2.24) is 25.8 Å². The van der Waals surface area contributed by atoms with Crippen LogP contribution in [0, 0.1) is 0 Å². The maximum Gasteiger partial charge on any atom is 0.295 e. The topological polar surface area (TPSA) is 410 Å². The van der Waals surface area contributed by atoms with Crippen molar-refractivity contribution in [2.45, 2.75) is 97.6 Å². The number of benzene rings is 4. The monoisotopic (exact) mass is 1330 g/mol. The van der Waals surface area contributed by atoms with Crippen LogP contribution in [0.15, 0.2) is 123 Å². The van der Waals surface area contributed by atoms with Crippen molar-refractivity contribution in [3.8, 4) is 0 Å². The van der Waals surface area contributed by atoms with Crippen LogP contribution in [-0.2, 0) is 70.9 Å². The zero-order valence-electron chi connectivity index (χ0n) is 47.9. The summed E-state index contributed by atoms with van der Waals surface area (Å²) >= 11 is 0.584. The molecule has 0 aliphatic carbocycles. The van der Waals surface area contributed by atoms with Gasteiger partial charge in [0.15, 0.2) is 5.71 Å². The lowest BCUT2D eigenvalue weighted by atomic mass is 9.79. The number of aromatic nitrogens is 3. The van der Waals surface area contributed by atoms with Gasteiger partial charge in [0.2, 0.25) is 27.0 Å². The van der Waals surface area contributed by atoms with Crippen LogP contribution >= 0.6 is 11.3 Å². The molecule has 0 saturated heterocycles. The van der Waals surface area contributed by atoms with Gasteiger partial charge in [-0.3, -0.25) is 37.6 Å². The summed E-state index contributed by atoms with van der Waals surface area (Å²) in [5.41, 5.74) is 2.70. The molecular formula is C56H64N9O17S6+. The molecule has 0 atom stereocenters. The van der Waals surface area contributed by atoms with E-state index in [9.17, 15) is 74.7 Å². The first kappa shape index (κ1) is 66.7. The van der Waals surface area contributed by atoms with Crippen LogP contribution in [0.25, 0.3) is 27.1 Å². The van der Waals surface area contributed by atoms with Crippen molar-refractivity contribution in [1.29, 1.82) is 0 Å². The summed E-state index contributed by atoms with van der Waals surface area (Å²) in [5.74, 6) is -2.45. The molecule has 4 heterocycles. The number of nitrogens with zero attached hydrogens (tertiary/aromatic N) is 5. The fourth-order valence-electron chi connectivity index (χ4n) is 11.0. The molecule has 32 heteroatoms. The van der Waals surface area contributed by atoms with E-state index in [0.717, 1.165) is 0 Å². The third-order valence-corrected chi connectivity index (χ3v) is 20.5. The second-order valence-electron chi connectivity index (χ2n) is 21.9. The van der Waals surface area contributed by atoms with Gasteiger partial charge in [-0.1, -0.05) is 68.0 Å². The lowest BCUT2D eigenvalue weighted by molar-refractivity contribution is -0.437. The lowest BCUT2D eigenvalue weighted by Gasteiger charge is -2.27. The van der Waals surface area contributed by atoms with Crippen LogP contribution in [0.5, 0.6) is 0 Å². The fourth-order valence-corrected chi connectivity index (χ4v) is 14.8. The van der Waals surface area contributed by atoms with Crippen molar-refractivity contribution < 1.29 is 79.3 Å². The number of pyridine rings is 1. The van der Waals surface area contributed by atoms with Gasteiger partial charge in [-0.05, 0) is 98.0 Å². The number of hydrogen-bond donors (Lipinski definition) is 8. The van der Waals surface area contributed by atoms with Crippen molar-refractivity contribution >= 4 is 129 Å². The number of unbranched alkanes of at least 4 members (excludes halogenated alkanes) is 2. The number of nitrogens with one attached hydrogen (secondary N) is 3. The molecule has 0 unspecified atom stereocenters. The number of amides is 3. The minimum absolute atomic E-state index is 0.00485. The first-order chi connectivity index (χ1) is 41.1. The molecule has 2 aromatic heterocycles. The molecule has 26 nitrogen and oxygen atoms in total. The minimum atomic E-state index is -4.68. The Bertz CT molecular complexity index is 4510. The number of anilines is 2. The predicted molar refractivity (Wildman–Crippen MR) is 331 cm³/mol. The van der Waals surface area contributed by atoms with Gasteiger partial charge in [-0.2, -0.15) is 38.2 Å². The predicted octanol–water partition coefficient (Wildman–Crippen LogP) is 6.07. The van der Waals surface area contributed by atoms with Crippen LogP contribution in [0.4, 0.5) is 16.5 Å². The second kappa shape index (κ2) is 26.1. The van der Waals surface area contributed by atoms with Crippen molar-refractivity contribution in [3.63, 3.8) is 0 Å². The first-order valence-electron chi connectivity index (χ1n) is 27.2. The molecule has 6 aromatic rings. The van der Waals surface area contributed by atoms with E-state index in [0.29, 0.717) is 86.5 Å². The Morgan fingerprint density at radius 1 is 0.670 bits per heavy atom. The molecule has 0 radical (unpaired) electrons. The molecule has 2 aliphatic rings. The van der Waals surface area contributed by atoms with Crippen molar-refractivity contribution in [2.24, 2.45) is 5.14 Å². The third kappa shape index (κ3) is 15.6. The summed E-state index contributed by atoms with van der Waals surface area (Å²) in [4.78, 5) is 44.2. The molecule has 4 aromatic carbocycles. The molecule has 2 aliphatic heterocycles. The van der Waals surface area contributed by atoms with E-state index < -0.39 is 89.0 Å². The van der Waals surface area contributed by atoms with Gasteiger partial charge in [0, 0.05) is 95.9 Å². The average molecular weight is 1330 g/mol.